The fourth-order valence-corrected chi connectivity index (χ4v) is 4.06. The monoisotopic (exact) mass is 403 g/mol. The van der Waals surface area contributed by atoms with Crippen LogP contribution in [0.25, 0.3) is 0 Å². The summed E-state index contributed by atoms with van der Waals surface area (Å²) in [5, 5.41) is 0. The highest BCUT2D eigenvalue weighted by molar-refractivity contribution is 5.86. The molecule has 1 saturated heterocycles. The molecule has 4 nitrogen and oxygen atoms in total. The van der Waals surface area contributed by atoms with Crippen LogP contribution >= 0.6 is 12.4 Å². The molecule has 0 aromatic heterocycles. The van der Waals surface area contributed by atoms with Gasteiger partial charge in [0.25, 0.3) is 0 Å². The standard InChI is InChI=1S/C23H29NO3.ClH/c1-18(2)24-16-10-15-21(24)17-27-22(25)23(26-3,19-11-6-4-7-12-19)20-13-8-5-9-14-20;/h4-9,11-14,18,21H,10,15-17H2,1-3H3;1H. The van der Waals surface area contributed by atoms with Gasteiger partial charge in [-0.15, -0.1) is 12.4 Å². The predicted molar refractivity (Wildman–Crippen MR) is 114 cm³/mol. The summed E-state index contributed by atoms with van der Waals surface area (Å²) < 4.78 is 11.7. The highest BCUT2D eigenvalue weighted by Gasteiger charge is 2.44. The van der Waals surface area contributed by atoms with E-state index < -0.39 is 5.60 Å². The summed E-state index contributed by atoms with van der Waals surface area (Å²) in [6.45, 7) is 5.83. The van der Waals surface area contributed by atoms with Crippen molar-refractivity contribution < 1.29 is 14.3 Å². The minimum Gasteiger partial charge on any atom is -0.461 e. The molecule has 0 aliphatic carbocycles. The minimum atomic E-state index is -1.26. The Bertz CT molecular complexity index is 697. The van der Waals surface area contributed by atoms with Crippen LogP contribution in [0.4, 0.5) is 0 Å². The van der Waals surface area contributed by atoms with E-state index in [1.165, 1.54) is 0 Å². The maximum atomic E-state index is 13.4. The molecule has 0 amide bonds. The fourth-order valence-electron chi connectivity index (χ4n) is 4.06. The molecule has 152 valence electrons. The van der Waals surface area contributed by atoms with Crippen molar-refractivity contribution in [2.75, 3.05) is 20.3 Å². The molecule has 0 saturated carbocycles. The van der Waals surface area contributed by atoms with Crippen molar-refractivity contribution in [1.29, 1.82) is 0 Å². The van der Waals surface area contributed by atoms with Gasteiger partial charge in [0.05, 0.1) is 0 Å². The van der Waals surface area contributed by atoms with Crippen LogP contribution < -0.4 is 0 Å². The molecule has 0 N–H and O–H groups in total. The first-order valence-electron chi connectivity index (χ1n) is 9.68. The minimum absolute atomic E-state index is 0. The van der Waals surface area contributed by atoms with Crippen LogP contribution in [0, 0.1) is 0 Å². The first-order chi connectivity index (χ1) is 13.1. The molecule has 28 heavy (non-hydrogen) atoms. The number of carbonyl (C=O) groups excluding carboxylic acids is 1. The maximum Gasteiger partial charge on any atom is 0.347 e. The van der Waals surface area contributed by atoms with Crippen LogP contribution in [0.3, 0.4) is 0 Å². The van der Waals surface area contributed by atoms with E-state index >= 15 is 0 Å². The van der Waals surface area contributed by atoms with Crippen LogP contribution in [-0.4, -0.2) is 43.2 Å². The van der Waals surface area contributed by atoms with Crippen LogP contribution in [0.15, 0.2) is 60.7 Å². The van der Waals surface area contributed by atoms with Gasteiger partial charge in [0.1, 0.15) is 6.61 Å². The van der Waals surface area contributed by atoms with Gasteiger partial charge in [0.15, 0.2) is 0 Å². The summed E-state index contributed by atoms with van der Waals surface area (Å²) in [6, 6.07) is 19.9. The second kappa shape index (κ2) is 10.1. The first-order valence-corrected chi connectivity index (χ1v) is 9.68. The molecule has 1 aliphatic rings. The zero-order chi connectivity index (χ0) is 19.3. The molecule has 0 bridgehead atoms. The summed E-state index contributed by atoms with van der Waals surface area (Å²) in [7, 11) is 1.57. The normalized spacial score (nSPS) is 17.4. The summed E-state index contributed by atoms with van der Waals surface area (Å²) in [5.41, 5.74) is 0.288. The Hall–Kier alpha value is -1.88. The molecule has 1 heterocycles. The lowest BCUT2D eigenvalue weighted by atomic mass is 9.86. The molecule has 3 rings (SSSR count). The third-order valence-corrected chi connectivity index (χ3v) is 5.45. The third-order valence-electron chi connectivity index (χ3n) is 5.45. The van der Waals surface area contributed by atoms with Gasteiger partial charge < -0.3 is 9.47 Å². The maximum absolute atomic E-state index is 13.4. The lowest BCUT2D eigenvalue weighted by Gasteiger charge is -2.33. The number of rotatable bonds is 7. The molecule has 1 atom stereocenters. The fraction of sp³-hybridized carbons (Fsp3) is 0.435. The molecule has 0 spiro atoms. The molecule has 0 radical (unpaired) electrons. The number of ether oxygens (including phenoxy) is 2. The third kappa shape index (κ3) is 4.40. The number of esters is 1. The van der Waals surface area contributed by atoms with Crippen molar-refractivity contribution in [2.24, 2.45) is 0 Å². The molecule has 1 unspecified atom stereocenters. The highest BCUT2D eigenvalue weighted by atomic mass is 35.5. The Labute approximate surface area is 174 Å². The molecular weight excluding hydrogens is 374 g/mol. The Kier molecular flexibility index (Phi) is 8.05. The average Bonchev–Trinajstić information content (AvgIpc) is 3.18. The predicted octanol–water partition coefficient (Wildman–Crippen LogP) is 4.41. The number of hydrogen-bond acceptors (Lipinski definition) is 4. The Morgan fingerprint density at radius 1 is 1.07 bits per heavy atom. The van der Waals surface area contributed by atoms with Gasteiger partial charge in [-0.25, -0.2) is 4.79 Å². The largest absolute Gasteiger partial charge is 0.461 e. The number of methoxy groups -OCH3 is 1. The SMILES string of the molecule is COC(C(=O)OCC1CCCN1C(C)C)(c1ccccc1)c1ccccc1.Cl. The highest BCUT2D eigenvalue weighted by Crippen LogP contribution is 2.35. The number of carbonyl (C=O) groups is 1. The van der Waals surface area contributed by atoms with Crippen molar-refractivity contribution in [3.05, 3.63) is 71.8 Å². The van der Waals surface area contributed by atoms with Gasteiger partial charge in [-0.1, -0.05) is 60.7 Å². The van der Waals surface area contributed by atoms with Crippen molar-refractivity contribution >= 4 is 18.4 Å². The first kappa shape index (κ1) is 22.4. The number of hydrogen-bond donors (Lipinski definition) is 0. The van der Waals surface area contributed by atoms with Crippen LogP contribution in [0.1, 0.15) is 37.8 Å². The summed E-state index contributed by atoms with van der Waals surface area (Å²) >= 11 is 0. The van der Waals surface area contributed by atoms with E-state index in [0.29, 0.717) is 12.6 Å². The molecule has 1 fully saturated rings. The van der Waals surface area contributed by atoms with E-state index in [1.807, 2.05) is 60.7 Å². The van der Waals surface area contributed by atoms with Crippen molar-refractivity contribution in [3.63, 3.8) is 0 Å². The molecule has 2 aromatic rings. The van der Waals surface area contributed by atoms with Gasteiger partial charge in [0.2, 0.25) is 5.60 Å². The van der Waals surface area contributed by atoms with Gasteiger partial charge >= 0.3 is 5.97 Å². The van der Waals surface area contributed by atoms with Crippen molar-refractivity contribution in [3.8, 4) is 0 Å². The van der Waals surface area contributed by atoms with Crippen LogP contribution in [-0.2, 0) is 19.9 Å². The average molecular weight is 404 g/mol. The smallest absolute Gasteiger partial charge is 0.347 e. The van der Waals surface area contributed by atoms with E-state index in [-0.39, 0.29) is 24.4 Å². The second-order valence-electron chi connectivity index (χ2n) is 7.34. The van der Waals surface area contributed by atoms with Crippen molar-refractivity contribution in [2.45, 2.75) is 44.4 Å². The van der Waals surface area contributed by atoms with E-state index in [0.717, 1.165) is 30.5 Å². The number of nitrogens with zero attached hydrogens (tertiary/aromatic N) is 1. The topological polar surface area (TPSA) is 38.8 Å². The number of halogens is 1. The number of likely N-dealkylation sites (tertiary alicyclic amines) is 1. The molecular formula is C23H30ClNO3. The molecule has 5 heteroatoms. The van der Waals surface area contributed by atoms with Gasteiger partial charge in [-0.3, -0.25) is 4.90 Å². The lowest BCUT2D eigenvalue weighted by molar-refractivity contribution is -0.167. The summed E-state index contributed by atoms with van der Waals surface area (Å²) in [5.74, 6) is -0.363. The zero-order valence-electron chi connectivity index (χ0n) is 16.8. The van der Waals surface area contributed by atoms with Gasteiger partial charge in [-0.05, 0) is 44.4 Å². The Balaban J connectivity index is 0.00000280. The quantitative estimate of drug-likeness (QED) is 0.641. The van der Waals surface area contributed by atoms with E-state index in [9.17, 15) is 4.79 Å². The molecule has 1 aliphatic heterocycles. The van der Waals surface area contributed by atoms with E-state index in [1.54, 1.807) is 7.11 Å². The second-order valence-corrected chi connectivity index (χ2v) is 7.34. The Morgan fingerprint density at radius 3 is 2.07 bits per heavy atom. The summed E-state index contributed by atoms with van der Waals surface area (Å²) in [4.78, 5) is 15.8. The summed E-state index contributed by atoms with van der Waals surface area (Å²) in [6.07, 6.45) is 2.20. The zero-order valence-corrected chi connectivity index (χ0v) is 17.7. The lowest BCUT2D eigenvalue weighted by Crippen LogP contribution is -2.44. The van der Waals surface area contributed by atoms with Crippen LogP contribution in [0.5, 0.6) is 0 Å². The van der Waals surface area contributed by atoms with Gasteiger partial charge in [0, 0.05) is 19.2 Å². The van der Waals surface area contributed by atoms with Gasteiger partial charge in [-0.2, -0.15) is 0 Å². The van der Waals surface area contributed by atoms with Crippen molar-refractivity contribution in [1.82, 2.24) is 4.90 Å². The molecule has 2 aromatic carbocycles. The van der Waals surface area contributed by atoms with Crippen LogP contribution in [0.2, 0.25) is 0 Å². The van der Waals surface area contributed by atoms with E-state index in [4.69, 9.17) is 9.47 Å². The Morgan fingerprint density at radius 2 is 1.61 bits per heavy atom. The number of benzene rings is 2. The van der Waals surface area contributed by atoms with E-state index in [2.05, 4.69) is 18.7 Å².